The summed E-state index contributed by atoms with van der Waals surface area (Å²) in [4.78, 5) is 14.2. The summed E-state index contributed by atoms with van der Waals surface area (Å²) in [5, 5.41) is 10.0. The molecule has 1 fully saturated rings. The molecule has 3 rings (SSSR count). The molecule has 5 nitrogen and oxygen atoms in total. The van der Waals surface area contributed by atoms with Gasteiger partial charge in [0.1, 0.15) is 11.5 Å². The lowest BCUT2D eigenvalue weighted by Crippen LogP contribution is -2.41. The first-order valence-electron chi connectivity index (χ1n) is 8.20. The molecule has 0 amide bonds. The number of piperidine rings is 1. The van der Waals surface area contributed by atoms with Crippen LogP contribution in [0.3, 0.4) is 0 Å². The highest BCUT2D eigenvalue weighted by molar-refractivity contribution is 5.96. The summed E-state index contributed by atoms with van der Waals surface area (Å²) in [5.74, 6) is 1.14. The summed E-state index contributed by atoms with van der Waals surface area (Å²) in [6.45, 7) is 4.29. The second kappa shape index (κ2) is 6.79. The topological polar surface area (TPSA) is 62.9 Å². The van der Waals surface area contributed by atoms with E-state index in [4.69, 9.17) is 9.15 Å². The van der Waals surface area contributed by atoms with E-state index in [2.05, 4.69) is 4.90 Å². The van der Waals surface area contributed by atoms with Crippen LogP contribution in [0.2, 0.25) is 0 Å². The third-order valence-corrected chi connectivity index (χ3v) is 4.57. The van der Waals surface area contributed by atoms with Crippen molar-refractivity contribution in [2.24, 2.45) is 0 Å². The first-order chi connectivity index (χ1) is 11.5. The van der Waals surface area contributed by atoms with E-state index >= 15 is 0 Å². The minimum Gasteiger partial charge on any atom is -0.465 e. The molecule has 0 aliphatic carbocycles. The van der Waals surface area contributed by atoms with Gasteiger partial charge in [-0.3, -0.25) is 4.90 Å². The summed E-state index contributed by atoms with van der Waals surface area (Å²) in [5.41, 5.74) is 0.677. The minimum atomic E-state index is -0.551. The number of hydrogen-bond acceptors (Lipinski definition) is 5. The number of aliphatic hydroxyl groups is 1. The Morgan fingerprint density at radius 3 is 2.67 bits per heavy atom. The summed E-state index contributed by atoms with van der Waals surface area (Å²) in [7, 11) is 1.37. The van der Waals surface area contributed by atoms with Crippen molar-refractivity contribution in [3.05, 3.63) is 47.7 Å². The van der Waals surface area contributed by atoms with E-state index in [0.29, 0.717) is 17.9 Å². The van der Waals surface area contributed by atoms with Gasteiger partial charge in [-0.25, -0.2) is 4.79 Å². The summed E-state index contributed by atoms with van der Waals surface area (Å²) in [6.07, 6.45) is 1.54. The molecule has 1 N–H and O–H groups in total. The fraction of sp³-hybridized carbons (Fsp3) is 0.421. The SMILES string of the molecule is COC(=O)c1ccccc1-c1ccc(CN2CCC(C)(O)CC2)o1. The molecule has 0 unspecified atom stereocenters. The highest BCUT2D eigenvalue weighted by Gasteiger charge is 2.27. The Morgan fingerprint density at radius 1 is 1.25 bits per heavy atom. The van der Waals surface area contributed by atoms with E-state index in [1.165, 1.54) is 7.11 Å². The van der Waals surface area contributed by atoms with Crippen LogP contribution in [0.5, 0.6) is 0 Å². The summed E-state index contributed by atoms with van der Waals surface area (Å²) < 4.78 is 10.8. The molecule has 1 aliphatic heterocycles. The van der Waals surface area contributed by atoms with Gasteiger partial charge in [0.05, 0.1) is 24.8 Å². The number of esters is 1. The summed E-state index contributed by atoms with van der Waals surface area (Å²) in [6, 6.07) is 11.1. The van der Waals surface area contributed by atoms with Crippen LogP contribution in [0.1, 0.15) is 35.9 Å². The molecule has 5 heteroatoms. The molecular weight excluding hydrogens is 306 g/mol. The minimum absolute atomic E-state index is 0.373. The maximum atomic E-state index is 11.9. The van der Waals surface area contributed by atoms with Gasteiger partial charge in [0.15, 0.2) is 0 Å². The van der Waals surface area contributed by atoms with Crippen LogP contribution >= 0.6 is 0 Å². The number of hydrogen-bond donors (Lipinski definition) is 1. The molecule has 24 heavy (non-hydrogen) atoms. The first kappa shape index (κ1) is 16.7. The quantitative estimate of drug-likeness (QED) is 0.874. The van der Waals surface area contributed by atoms with Crippen LogP contribution < -0.4 is 0 Å². The van der Waals surface area contributed by atoms with E-state index in [0.717, 1.165) is 37.3 Å². The van der Waals surface area contributed by atoms with Gasteiger partial charge in [-0.15, -0.1) is 0 Å². The number of carbonyl (C=O) groups is 1. The highest BCUT2D eigenvalue weighted by atomic mass is 16.5. The molecule has 0 radical (unpaired) electrons. The van der Waals surface area contributed by atoms with Crippen LogP contribution in [0.15, 0.2) is 40.8 Å². The van der Waals surface area contributed by atoms with Gasteiger partial charge >= 0.3 is 5.97 Å². The third-order valence-electron chi connectivity index (χ3n) is 4.57. The zero-order valence-electron chi connectivity index (χ0n) is 14.1. The number of methoxy groups -OCH3 is 1. The Balaban J connectivity index is 1.74. The van der Waals surface area contributed by atoms with Crippen molar-refractivity contribution >= 4 is 5.97 Å². The van der Waals surface area contributed by atoms with Gasteiger partial charge in [0, 0.05) is 18.7 Å². The monoisotopic (exact) mass is 329 g/mol. The van der Waals surface area contributed by atoms with Crippen LogP contribution in [0.4, 0.5) is 0 Å². The Bertz CT molecular complexity index is 710. The smallest absolute Gasteiger partial charge is 0.338 e. The van der Waals surface area contributed by atoms with Gasteiger partial charge in [-0.05, 0) is 38.0 Å². The second-order valence-electron chi connectivity index (χ2n) is 6.58. The molecule has 1 aromatic heterocycles. The van der Waals surface area contributed by atoms with Gasteiger partial charge in [0.25, 0.3) is 0 Å². The van der Waals surface area contributed by atoms with Crippen LogP contribution in [0, 0.1) is 0 Å². The molecule has 2 aromatic rings. The number of likely N-dealkylation sites (tertiary alicyclic amines) is 1. The number of rotatable bonds is 4. The Labute approximate surface area is 141 Å². The molecular formula is C19H23NO4. The average molecular weight is 329 g/mol. The number of benzene rings is 1. The molecule has 1 aliphatic rings. The number of furan rings is 1. The van der Waals surface area contributed by atoms with Crippen molar-refractivity contribution < 1.29 is 19.1 Å². The Morgan fingerprint density at radius 2 is 1.96 bits per heavy atom. The van der Waals surface area contributed by atoms with Gasteiger partial charge < -0.3 is 14.3 Å². The first-order valence-corrected chi connectivity index (χ1v) is 8.20. The predicted molar refractivity (Wildman–Crippen MR) is 90.6 cm³/mol. The van der Waals surface area contributed by atoms with Crippen molar-refractivity contribution in [1.29, 1.82) is 0 Å². The molecule has 1 saturated heterocycles. The van der Waals surface area contributed by atoms with Crippen LogP contribution in [-0.4, -0.2) is 41.8 Å². The fourth-order valence-electron chi connectivity index (χ4n) is 3.01. The molecule has 0 saturated carbocycles. The van der Waals surface area contributed by atoms with E-state index in [9.17, 15) is 9.90 Å². The molecule has 0 bridgehead atoms. The maximum Gasteiger partial charge on any atom is 0.338 e. The number of ether oxygens (including phenoxy) is 1. The van der Waals surface area contributed by atoms with E-state index in [1.807, 2.05) is 31.2 Å². The second-order valence-corrected chi connectivity index (χ2v) is 6.58. The lowest BCUT2D eigenvalue weighted by Gasteiger charge is -2.35. The number of nitrogens with zero attached hydrogens (tertiary/aromatic N) is 1. The van der Waals surface area contributed by atoms with Gasteiger partial charge in [0.2, 0.25) is 0 Å². The summed E-state index contributed by atoms with van der Waals surface area (Å²) >= 11 is 0. The largest absolute Gasteiger partial charge is 0.465 e. The highest BCUT2D eigenvalue weighted by Crippen LogP contribution is 2.28. The van der Waals surface area contributed by atoms with Crippen molar-refractivity contribution in [3.8, 4) is 11.3 Å². The van der Waals surface area contributed by atoms with E-state index in [-0.39, 0.29) is 5.97 Å². The molecule has 0 spiro atoms. The van der Waals surface area contributed by atoms with Crippen molar-refractivity contribution in [1.82, 2.24) is 4.90 Å². The van der Waals surface area contributed by atoms with Crippen molar-refractivity contribution in [2.45, 2.75) is 31.9 Å². The zero-order chi connectivity index (χ0) is 17.2. The Hall–Kier alpha value is -2.11. The average Bonchev–Trinajstić information content (AvgIpc) is 3.04. The molecule has 1 aromatic carbocycles. The predicted octanol–water partition coefficient (Wildman–Crippen LogP) is 3.08. The lowest BCUT2D eigenvalue weighted by atomic mass is 9.94. The van der Waals surface area contributed by atoms with Crippen LogP contribution in [0.25, 0.3) is 11.3 Å². The van der Waals surface area contributed by atoms with Crippen molar-refractivity contribution in [3.63, 3.8) is 0 Å². The Kier molecular flexibility index (Phi) is 4.73. The fourth-order valence-corrected chi connectivity index (χ4v) is 3.01. The number of carbonyl (C=O) groups excluding carboxylic acids is 1. The normalized spacial score (nSPS) is 17.6. The zero-order valence-corrected chi connectivity index (χ0v) is 14.1. The third kappa shape index (κ3) is 3.68. The molecule has 0 atom stereocenters. The lowest BCUT2D eigenvalue weighted by molar-refractivity contribution is -0.00866. The standard InChI is InChI=1S/C19H23NO4/c1-19(22)9-11-20(12-10-19)13-14-7-8-17(24-14)15-5-3-4-6-16(15)18(21)23-2/h3-8,22H,9-13H2,1-2H3. The van der Waals surface area contributed by atoms with Crippen molar-refractivity contribution in [2.75, 3.05) is 20.2 Å². The van der Waals surface area contributed by atoms with Crippen LogP contribution in [-0.2, 0) is 11.3 Å². The van der Waals surface area contributed by atoms with E-state index in [1.54, 1.807) is 12.1 Å². The van der Waals surface area contributed by atoms with Gasteiger partial charge in [-0.1, -0.05) is 18.2 Å². The molecule has 128 valence electrons. The van der Waals surface area contributed by atoms with E-state index < -0.39 is 5.60 Å². The molecule has 2 heterocycles. The maximum absolute atomic E-state index is 11.9. The van der Waals surface area contributed by atoms with Gasteiger partial charge in [-0.2, -0.15) is 0 Å².